The lowest BCUT2D eigenvalue weighted by Gasteiger charge is -2.17. The van der Waals surface area contributed by atoms with Gasteiger partial charge in [-0.2, -0.15) is 5.10 Å². The first-order valence-electron chi connectivity index (χ1n) is 10.6. The van der Waals surface area contributed by atoms with Crippen LogP contribution in [0, 0.1) is 0 Å². The van der Waals surface area contributed by atoms with Crippen molar-refractivity contribution >= 4 is 11.7 Å². The zero-order chi connectivity index (χ0) is 23.5. The third kappa shape index (κ3) is 4.69. The Morgan fingerprint density at radius 3 is 2.58 bits per heavy atom. The van der Waals surface area contributed by atoms with Gasteiger partial charge in [-0.25, -0.2) is 0 Å². The molecule has 3 aromatic rings. The lowest BCUT2D eigenvalue weighted by atomic mass is 10.1. The number of carbonyl (C=O) groups is 1. The zero-order valence-electron chi connectivity index (χ0n) is 19.5. The smallest absolute Gasteiger partial charge is 0.272 e. The standard InChI is InChI=1S/C23H28N6O4/c1-27(2)21-8-9-22(25-24-21)33-16-10-11-29(14-16)23(30)19-13-18(26-28(19)3)17-12-15(31-4)6-7-20(17)32-5/h6-9,12-13,16H,10-11,14H2,1-5H3. The number of amides is 1. The van der Waals surface area contributed by atoms with Crippen molar-refractivity contribution in [1.82, 2.24) is 24.9 Å². The van der Waals surface area contributed by atoms with Crippen molar-refractivity contribution in [2.75, 3.05) is 46.3 Å². The van der Waals surface area contributed by atoms with E-state index in [1.807, 2.05) is 43.3 Å². The van der Waals surface area contributed by atoms with E-state index in [2.05, 4.69) is 15.3 Å². The highest BCUT2D eigenvalue weighted by Gasteiger charge is 2.30. The van der Waals surface area contributed by atoms with Crippen LogP contribution in [0.25, 0.3) is 11.3 Å². The van der Waals surface area contributed by atoms with Crippen LogP contribution in [0.4, 0.5) is 5.82 Å². The number of aryl methyl sites for hydroxylation is 1. The predicted molar refractivity (Wildman–Crippen MR) is 123 cm³/mol. The highest BCUT2D eigenvalue weighted by molar-refractivity contribution is 5.94. The average molecular weight is 453 g/mol. The lowest BCUT2D eigenvalue weighted by Crippen LogP contribution is -2.32. The summed E-state index contributed by atoms with van der Waals surface area (Å²) < 4.78 is 18.3. The molecule has 3 heterocycles. The lowest BCUT2D eigenvalue weighted by molar-refractivity contribution is 0.0760. The van der Waals surface area contributed by atoms with E-state index in [1.54, 1.807) is 43.0 Å². The number of ether oxygens (including phenoxy) is 3. The molecule has 2 aromatic heterocycles. The Balaban J connectivity index is 1.47. The highest BCUT2D eigenvalue weighted by Crippen LogP contribution is 2.33. The summed E-state index contributed by atoms with van der Waals surface area (Å²) in [6.45, 7) is 1.06. The number of rotatable bonds is 7. The second-order valence-electron chi connectivity index (χ2n) is 8.01. The number of anilines is 1. The molecular weight excluding hydrogens is 424 g/mol. The van der Waals surface area contributed by atoms with E-state index >= 15 is 0 Å². The maximum atomic E-state index is 13.2. The first kappa shape index (κ1) is 22.4. The topological polar surface area (TPSA) is 94.8 Å². The SMILES string of the molecule is COc1ccc(OC)c(-c2cc(C(=O)N3CCC(Oc4ccc(N(C)C)nn4)C3)n(C)n2)c1. The highest BCUT2D eigenvalue weighted by atomic mass is 16.5. The number of hydrogen-bond acceptors (Lipinski definition) is 8. The molecule has 1 amide bonds. The minimum Gasteiger partial charge on any atom is -0.497 e. The van der Waals surface area contributed by atoms with Gasteiger partial charge >= 0.3 is 0 Å². The molecule has 0 N–H and O–H groups in total. The molecule has 1 atom stereocenters. The van der Waals surface area contributed by atoms with Gasteiger partial charge in [-0.1, -0.05) is 0 Å². The van der Waals surface area contributed by atoms with E-state index in [9.17, 15) is 4.79 Å². The number of nitrogens with zero attached hydrogens (tertiary/aromatic N) is 6. The Kier molecular flexibility index (Phi) is 6.34. The monoisotopic (exact) mass is 452 g/mol. The minimum absolute atomic E-state index is 0.0988. The largest absolute Gasteiger partial charge is 0.497 e. The molecule has 1 aliphatic heterocycles. The number of methoxy groups -OCH3 is 2. The molecule has 1 fully saturated rings. The molecule has 0 spiro atoms. The van der Waals surface area contributed by atoms with Crippen LogP contribution in [0.3, 0.4) is 0 Å². The number of likely N-dealkylation sites (tertiary alicyclic amines) is 1. The van der Waals surface area contributed by atoms with Gasteiger partial charge in [0, 0.05) is 45.7 Å². The normalized spacial score (nSPS) is 15.4. The Bertz CT molecular complexity index is 1130. The summed E-state index contributed by atoms with van der Waals surface area (Å²) in [4.78, 5) is 16.9. The van der Waals surface area contributed by atoms with Crippen LogP contribution in [-0.2, 0) is 7.05 Å². The van der Waals surface area contributed by atoms with Crippen LogP contribution < -0.4 is 19.1 Å². The van der Waals surface area contributed by atoms with Crippen molar-refractivity contribution in [3.63, 3.8) is 0 Å². The van der Waals surface area contributed by atoms with Crippen LogP contribution in [0.5, 0.6) is 17.4 Å². The van der Waals surface area contributed by atoms with Crippen LogP contribution in [0.15, 0.2) is 36.4 Å². The molecule has 1 unspecified atom stereocenters. The number of aromatic nitrogens is 4. The molecule has 0 aliphatic carbocycles. The predicted octanol–water partition coefficient (Wildman–Crippen LogP) is 2.25. The van der Waals surface area contributed by atoms with Crippen molar-refractivity contribution in [2.45, 2.75) is 12.5 Å². The van der Waals surface area contributed by atoms with Gasteiger partial charge in [0.05, 0.1) is 26.5 Å². The van der Waals surface area contributed by atoms with Crippen LogP contribution in [0.1, 0.15) is 16.9 Å². The Labute approximate surface area is 192 Å². The second kappa shape index (κ2) is 9.35. The molecule has 4 rings (SSSR count). The average Bonchev–Trinajstić information content (AvgIpc) is 3.45. The van der Waals surface area contributed by atoms with Crippen LogP contribution >= 0.6 is 0 Å². The quantitative estimate of drug-likeness (QED) is 0.539. The van der Waals surface area contributed by atoms with E-state index in [1.165, 1.54) is 0 Å². The van der Waals surface area contributed by atoms with Crippen molar-refractivity contribution in [1.29, 1.82) is 0 Å². The van der Waals surface area contributed by atoms with E-state index in [4.69, 9.17) is 14.2 Å². The van der Waals surface area contributed by atoms with Crippen LogP contribution in [0.2, 0.25) is 0 Å². The summed E-state index contributed by atoms with van der Waals surface area (Å²) in [7, 11) is 8.77. The summed E-state index contributed by atoms with van der Waals surface area (Å²) in [5.41, 5.74) is 1.89. The van der Waals surface area contributed by atoms with Gasteiger partial charge < -0.3 is 24.0 Å². The summed E-state index contributed by atoms with van der Waals surface area (Å²) in [6, 6.07) is 10.9. The van der Waals surface area contributed by atoms with E-state index in [-0.39, 0.29) is 12.0 Å². The molecule has 0 saturated carbocycles. The number of hydrogen-bond donors (Lipinski definition) is 0. The molecule has 33 heavy (non-hydrogen) atoms. The van der Waals surface area contributed by atoms with Crippen molar-refractivity contribution in [2.24, 2.45) is 7.05 Å². The molecule has 1 saturated heterocycles. The number of carbonyl (C=O) groups excluding carboxylic acids is 1. The summed E-state index contributed by atoms with van der Waals surface area (Å²) in [5, 5.41) is 12.8. The molecule has 10 nitrogen and oxygen atoms in total. The fourth-order valence-electron chi connectivity index (χ4n) is 3.77. The molecule has 174 valence electrons. The van der Waals surface area contributed by atoms with E-state index < -0.39 is 0 Å². The third-order valence-corrected chi connectivity index (χ3v) is 5.59. The maximum Gasteiger partial charge on any atom is 0.272 e. The molecule has 0 bridgehead atoms. The fraction of sp³-hybridized carbons (Fsp3) is 0.391. The number of benzene rings is 1. The van der Waals surface area contributed by atoms with Gasteiger partial charge in [0.15, 0.2) is 5.82 Å². The Hall–Kier alpha value is -3.82. The summed E-state index contributed by atoms with van der Waals surface area (Å²) in [5.74, 6) is 2.45. The Morgan fingerprint density at radius 2 is 1.91 bits per heavy atom. The third-order valence-electron chi connectivity index (χ3n) is 5.59. The fourth-order valence-corrected chi connectivity index (χ4v) is 3.77. The van der Waals surface area contributed by atoms with E-state index in [0.29, 0.717) is 41.9 Å². The van der Waals surface area contributed by atoms with Gasteiger partial charge in [0.1, 0.15) is 23.3 Å². The van der Waals surface area contributed by atoms with Crippen molar-refractivity contribution < 1.29 is 19.0 Å². The molecule has 1 aromatic carbocycles. The van der Waals surface area contributed by atoms with Gasteiger partial charge in [-0.05, 0) is 30.3 Å². The summed E-state index contributed by atoms with van der Waals surface area (Å²) in [6.07, 6.45) is 0.580. The van der Waals surface area contributed by atoms with Gasteiger partial charge in [-0.3, -0.25) is 9.48 Å². The van der Waals surface area contributed by atoms with Crippen molar-refractivity contribution in [3.05, 3.63) is 42.1 Å². The molecular formula is C23H28N6O4. The molecule has 10 heteroatoms. The van der Waals surface area contributed by atoms with Crippen LogP contribution in [-0.4, -0.2) is 78.3 Å². The van der Waals surface area contributed by atoms with Crippen molar-refractivity contribution in [3.8, 4) is 28.6 Å². The van der Waals surface area contributed by atoms with Gasteiger partial charge in [0.25, 0.3) is 5.91 Å². The summed E-state index contributed by atoms with van der Waals surface area (Å²) >= 11 is 0. The maximum absolute atomic E-state index is 13.2. The second-order valence-corrected chi connectivity index (χ2v) is 8.01. The Morgan fingerprint density at radius 1 is 1.09 bits per heavy atom. The minimum atomic E-state index is -0.139. The first-order chi connectivity index (χ1) is 15.9. The zero-order valence-corrected chi connectivity index (χ0v) is 19.5. The van der Waals surface area contributed by atoms with Gasteiger partial charge in [0.2, 0.25) is 5.88 Å². The first-order valence-corrected chi connectivity index (χ1v) is 10.6. The molecule has 0 radical (unpaired) electrons. The molecule has 1 aliphatic rings. The van der Waals surface area contributed by atoms with E-state index in [0.717, 1.165) is 17.8 Å². The van der Waals surface area contributed by atoms with Gasteiger partial charge in [-0.15, -0.1) is 10.2 Å².